The van der Waals surface area contributed by atoms with Crippen molar-refractivity contribution in [2.24, 2.45) is 11.7 Å². The van der Waals surface area contributed by atoms with E-state index >= 15 is 0 Å². The van der Waals surface area contributed by atoms with E-state index in [0.717, 1.165) is 17.9 Å². The van der Waals surface area contributed by atoms with Gasteiger partial charge < -0.3 is 19.9 Å². The van der Waals surface area contributed by atoms with Gasteiger partial charge in [-0.1, -0.05) is 32.0 Å². The zero-order chi connectivity index (χ0) is 14.1. The predicted molar refractivity (Wildman–Crippen MR) is 76.4 cm³/mol. The minimum atomic E-state index is -0.179. The van der Waals surface area contributed by atoms with Crippen LogP contribution < -0.4 is 10.5 Å². The van der Waals surface area contributed by atoms with E-state index < -0.39 is 0 Å². The van der Waals surface area contributed by atoms with Crippen LogP contribution in [0.4, 0.5) is 0 Å². The number of hydrogen-bond donors (Lipinski definition) is 1. The largest absolute Gasteiger partial charge is 0.496 e. The van der Waals surface area contributed by atoms with Crippen LogP contribution >= 0.6 is 0 Å². The van der Waals surface area contributed by atoms with Crippen LogP contribution in [-0.4, -0.2) is 33.5 Å². The molecule has 4 heteroatoms. The van der Waals surface area contributed by atoms with Gasteiger partial charge >= 0.3 is 0 Å². The topological polar surface area (TPSA) is 53.7 Å². The maximum Gasteiger partial charge on any atom is 0.123 e. The molecule has 2 N–H and O–H groups in total. The Labute approximate surface area is 115 Å². The van der Waals surface area contributed by atoms with Crippen molar-refractivity contribution < 1.29 is 14.2 Å². The van der Waals surface area contributed by atoms with Gasteiger partial charge in [0.1, 0.15) is 5.75 Å². The lowest BCUT2D eigenvalue weighted by molar-refractivity contribution is 0.0332. The number of para-hydroxylation sites is 1. The maximum absolute atomic E-state index is 6.09. The molecule has 19 heavy (non-hydrogen) atoms. The Balaban J connectivity index is 2.25. The first kappa shape index (κ1) is 16.0. The monoisotopic (exact) mass is 267 g/mol. The van der Waals surface area contributed by atoms with E-state index in [0.29, 0.717) is 25.7 Å². The molecule has 1 aromatic rings. The second-order valence-corrected chi connectivity index (χ2v) is 4.89. The first-order valence-electron chi connectivity index (χ1n) is 6.69. The van der Waals surface area contributed by atoms with Crippen molar-refractivity contribution in [2.75, 3.05) is 33.5 Å². The molecule has 4 nitrogen and oxygen atoms in total. The average molecular weight is 267 g/mol. The van der Waals surface area contributed by atoms with E-state index in [1.54, 1.807) is 7.11 Å². The highest BCUT2D eigenvalue weighted by atomic mass is 16.5. The summed E-state index contributed by atoms with van der Waals surface area (Å²) in [4.78, 5) is 0. The third-order valence-electron chi connectivity index (χ3n) is 2.66. The van der Waals surface area contributed by atoms with E-state index in [1.807, 2.05) is 24.3 Å². The third-order valence-corrected chi connectivity index (χ3v) is 2.66. The fourth-order valence-electron chi connectivity index (χ4n) is 1.71. The summed E-state index contributed by atoms with van der Waals surface area (Å²) in [7, 11) is 1.65. The maximum atomic E-state index is 6.09. The Hall–Kier alpha value is -1.10. The van der Waals surface area contributed by atoms with Gasteiger partial charge in [-0.15, -0.1) is 0 Å². The summed E-state index contributed by atoms with van der Waals surface area (Å²) in [6.07, 6.45) is 0. The van der Waals surface area contributed by atoms with Crippen LogP contribution in [0.3, 0.4) is 0 Å². The third kappa shape index (κ3) is 6.05. The minimum absolute atomic E-state index is 0.179. The second-order valence-electron chi connectivity index (χ2n) is 4.89. The molecule has 108 valence electrons. The van der Waals surface area contributed by atoms with E-state index in [-0.39, 0.29) is 6.04 Å². The van der Waals surface area contributed by atoms with Crippen molar-refractivity contribution in [3.63, 3.8) is 0 Å². The van der Waals surface area contributed by atoms with Gasteiger partial charge in [0, 0.05) is 12.2 Å². The van der Waals surface area contributed by atoms with Crippen LogP contribution in [-0.2, 0) is 9.47 Å². The van der Waals surface area contributed by atoms with Gasteiger partial charge in [0.05, 0.1) is 33.0 Å². The van der Waals surface area contributed by atoms with Crippen LogP contribution in [0.1, 0.15) is 25.5 Å². The fraction of sp³-hybridized carbons (Fsp3) is 0.600. The molecule has 0 aliphatic rings. The molecule has 0 spiro atoms. The molecule has 1 rings (SSSR count). The summed E-state index contributed by atoms with van der Waals surface area (Å²) < 4.78 is 16.2. The Morgan fingerprint density at radius 2 is 1.68 bits per heavy atom. The highest BCUT2D eigenvalue weighted by Gasteiger charge is 2.11. The van der Waals surface area contributed by atoms with E-state index in [4.69, 9.17) is 19.9 Å². The quantitative estimate of drug-likeness (QED) is 0.698. The molecular weight excluding hydrogens is 242 g/mol. The van der Waals surface area contributed by atoms with Gasteiger partial charge in [0.15, 0.2) is 0 Å². The molecule has 0 amide bonds. The Morgan fingerprint density at radius 3 is 2.32 bits per heavy atom. The molecule has 0 aromatic heterocycles. The molecular formula is C15H25NO3. The van der Waals surface area contributed by atoms with Crippen molar-refractivity contribution >= 4 is 0 Å². The van der Waals surface area contributed by atoms with E-state index in [2.05, 4.69) is 13.8 Å². The zero-order valence-electron chi connectivity index (χ0n) is 12.1. The number of methoxy groups -OCH3 is 1. The minimum Gasteiger partial charge on any atom is -0.496 e. The molecule has 0 radical (unpaired) electrons. The van der Waals surface area contributed by atoms with Gasteiger partial charge in [-0.05, 0) is 12.0 Å². The summed E-state index contributed by atoms with van der Waals surface area (Å²) >= 11 is 0. The second kappa shape index (κ2) is 8.91. The van der Waals surface area contributed by atoms with Crippen molar-refractivity contribution in [3.05, 3.63) is 29.8 Å². The lowest BCUT2D eigenvalue weighted by Gasteiger charge is -2.16. The van der Waals surface area contributed by atoms with E-state index in [9.17, 15) is 0 Å². The molecule has 1 unspecified atom stereocenters. The highest BCUT2D eigenvalue weighted by Crippen LogP contribution is 2.23. The standard InChI is InChI=1S/C15H25NO3/c1-12(2)10-18-8-9-19-11-14(16)13-6-4-5-7-15(13)17-3/h4-7,12,14H,8-11,16H2,1-3H3. The molecule has 1 atom stereocenters. The molecule has 0 saturated carbocycles. The summed E-state index contributed by atoms with van der Waals surface area (Å²) in [5.74, 6) is 1.35. The van der Waals surface area contributed by atoms with Crippen molar-refractivity contribution in [3.8, 4) is 5.75 Å². The molecule has 0 saturated heterocycles. The smallest absolute Gasteiger partial charge is 0.123 e. The average Bonchev–Trinajstić information content (AvgIpc) is 2.42. The molecule has 0 aliphatic heterocycles. The number of hydrogen-bond acceptors (Lipinski definition) is 4. The van der Waals surface area contributed by atoms with Gasteiger partial charge in [0.2, 0.25) is 0 Å². The number of nitrogens with two attached hydrogens (primary N) is 1. The van der Waals surface area contributed by atoms with Gasteiger partial charge in [-0.2, -0.15) is 0 Å². The van der Waals surface area contributed by atoms with Crippen LogP contribution in [0.2, 0.25) is 0 Å². The fourth-order valence-corrected chi connectivity index (χ4v) is 1.71. The molecule has 0 aliphatic carbocycles. The number of ether oxygens (including phenoxy) is 3. The van der Waals surface area contributed by atoms with E-state index in [1.165, 1.54) is 0 Å². The van der Waals surface area contributed by atoms with Gasteiger partial charge in [-0.25, -0.2) is 0 Å². The number of rotatable bonds is 9. The Bertz CT molecular complexity index is 355. The van der Waals surface area contributed by atoms with Gasteiger partial charge in [0.25, 0.3) is 0 Å². The predicted octanol–water partition coefficient (Wildman–Crippen LogP) is 2.38. The van der Waals surface area contributed by atoms with Crippen molar-refractivity contribution in [2.45, 2.75) is 19.9 Å². The SMILES string of the molecule is COc1ccccc1C(N)COCCOCC(C)C. The van der Waals surface area contributed by atoms with Crippen LogP contribution in [0.25, 0.3) is 0 Å². The van der Waals surface area contributed by atoms with Crippen molar-refractivity contribution in [1.82, 2.24) is 0 Å². The Morgan fingerprint density at radius 1 is 1.05 bits per heavy atom. The molecule has 1 aromatic carbocycles. The lowest BCUT2D eigenvalue weighted by Crippen LogP contribution is -2.19. The summed E-state index contributed by atoms with van der Waals surface area (Å²) in [6, 6.07) is 7.56. The van der Waals surface area contributed by atoms with Crippen LogP contribution in [0.15, 0.2) is 24.3 Å². The normalized spacial score (nSPS) is 12.7. The Kier molecular flexibility index (Phi) is 7.48. The summed E-state index contributed by atoms with van der Waals surface area (Å²) in [5.41, 5.74) is 7.05. The molecule has 0 fully saturated rings. The van der Waals surface area contributed by atoms with Gasteiger partial charge in [-0.3, -0.25) is 0 Å². The summed E-state index contributed by atoms with van der Waals surface area (Å²) in [5, 5.41) is 0. The lowest BCUT2D eigenvalue weighted by atomic mass is 10.1. The molecule has 0 bridgehead atoms. The number of benzene rings is 1. The first-order chi connectivity index (χ1) is 9.15. The van der Waals surface area contributed by atoms with Crippen LogP contribution in [0, 0.1) is 5.92 Å². The van der Waals surface area contributed by atoms with Crippen LogP contribution in [0.5, 0.6) is 5.75 Å². The summed E-state index contributed by atoms with van der Waals surface area (Å²) in [6.45, 7) is 6.65. The first-order valence-corrected chi connectivity index (χ1v) is 6.69. The molecule has 0 heterocycles. The van der Waals surface area contributed by atoms with Crippen molar-refractivity contribution in [1.29, 1.82) is 0 Å². The highest BCUT2D eigenvalue weighted by molar-refractivity contribution is 5.35. The zero-order valence-corrected chi connectivity index (χ0v) is 12.1.